The molecule has 0 heterocycles. The third-order valence-corrected chi connectivity index (χ3v) is 9.22. The molecule has 0 fully saturated rings. The van der Waals surface area contributed by atoms with Gasteiger partial charge in [0.25, 0.3) is 0 Å². The fourth-order valence-electron chi connectivity index (χ4n) is 5.90. The van der Waals surface area contributed by atoms with E-state index in [0.29, 0.717) is 25.7 Å². The van der Waals surface area contributed by atoms with Crippen LogP contribution in [-0.4, -0.2) is 57.3 Å². The molecule has 0 aliphatic heterocycles. The minimum atomic E-state index is -1.30. The zero-order valence-electron chi connectivity index (χ0n) is 31.9. The first-order chi connectivity index (χ1) is 24.0. The molecule has 6 nitrogen and oxygen atoms in total. The Morgan fingerprint density at radius 3 is 1.29 bits per heavy atom. The molecule has 5 N–H and O–H groups in total. The van der Waals surface area contributed by atoms with Crippen molar-refractivity contribution in [2.45, 2.75) is 212 Å². The summed E-state index contributed by atoms with van der Waals surface area (Å²) in [6.45, 7) is 3.99. The minimum absolute atomic E-state index is 0.326. The molecule has 0 rings (SSSR count). The van der Waals surface area contributed by atoms with Crippen LogP contribution in [0.3, 0.4) is 0 Å². The summed E-state index contributed by atoms with van der Waals surface area (Å²) in [7, 11) is 0. The second-order valence-electron chi connectivity index (χ2n) is 13.9. The Morgan fingerprint density at radius 1 is 0.490 bits per heavy atom. The van der Waals surface area contributed by atoms with Gasteiger partial charge in [-0.3, -0.25) is 4.79 Å². The standard InChI is InChI=1S/C43H79NO5/c1-3-5-7-9-11-13-15-17-18-19-20-21-22-23-24-25-27-28-30-32-34-36-40(46)42(48)39(38-45)44-43(49)41(47)37-35-33-31-29-26-16-14-12-10-8-6-4-2/h19-20,23-24,26,28-30,39-42,45-48H,3-18,21-22,25,27,31-38H2,1-2H3,(H,44,49)/b20-19+,24-23+,29-26-,30-28+. The first-order valence-electron chi connectivity index (χ1n) is 20.5. The van der Waals surface area contributed by atoms with Crippen LogP contribution in [0.5, 0.6) is 0 Å². The highest BCUT2D eigenvalue weighted by Crippen LogP contribution is 2.13. The van der Waals surface area contributed by atoms with Gasteiger partial charge >= 0.3 is 0 Å². The number of aliphatic hydroxyl groups excluding tert-OH is 4. The zero-order chi connectivity index (χ0) is 36.0. The fraction of sp³-hybridized carbons (Fsp3) is 0.791. The molecule has 0 bridgehead atoms. The van der Waals surface area contributed by atoms with E-state index in [1.165, 1.54) is 96.3 Å². The molecule has 4 unspecified atom stereocenters. The van der Waals surface area contributed by atoms with Crippen molar-refractivity contribution in [3.05, 3.63) is 48.6 Å². The van der Waals surface area contributed by atoms with Crippen LogP contribution in [-0.2, 0) is 4.79 Å². The Morgan fingerprint density at radius 2 is 0.857 bits per heavy atom. The summed E-state index contributed by atoms with van der Waals surface area (Å²) in [5.74, 6) is -0.619. The lowest BCUT2D eigenvalue weighted by molar-refractivity contribution is -0.132. The maximum atomic E-state index is 12.4. The summed E-state index contributed by atoms with van der Waals surface area (Å²) in [6, 6.07) is -1.02. The van der Waals surface area contributed by atoms with Gasteiger partial charge in [0.1, 0.15) is 12.2 Å². The third-order valence-electron chi connectivity index (χ3n) is 9.22. The summed E-state index contributed by atoms with van der Waals surface area (Å²) in [5.41, 5.74) is 0. The van der Waals surface area contributed by atoms with Crippen LogP contribution in [0.25, 0.3) is 0 Å². The summed E-state index contributed by atoms with van der Waals surface area (Å²) in [5, 5.41) is 43.5. The summed E-state index contributed by atoms with van der Waals surface area (Å²) in [6.07, 6.45) is 44.3. The highest BCUT2D eigenvalue weighted by Gasteiger charge is 2.28. The topological polar surface area (TPSA) is 110 Å². The molecular weight excluding hydrogens is 610 g/mol. The molecule has 49 heavy (non-hydrogen) atoms. The van der Waals surface area contributed by atoms with Crippen LogP contribution < -0.4 is 5.32 Å². The van der Waals surface area contributed by atoms with Crippen molar-refractivity contribution in [3.8, 4) is 0 Å². The van der Waals surface area contributed by atoms with E-state index in [2.05, 4.69) is 67.8 Å². The number of amides is 1. The molecule has 0 aromatic heterocycles. The Hall–Kier alpha value is -1.73. The van der Waals surface area contributed by atoms with E-state index in [1.807, 2.05) is 0 Å². The minimum Gasteiger partial charge on any atom is -0.394 e. The van der Waals surface area contributed by atoms with Crippen molar-refractivity contribution in [3.63, 3.8) is 0 Å². The Labute approximate surface area is 302 Å². The van der Waals surface area contributed by atoms with E-state index in [4.69, 9.17) is 0 Å². The molecule has 6 heteroatoms. The van der Waals surface area contributed by atoms with Crippen LogP contribution in [0.2, 0.25) is 0 Å². The molecule has 0 saturated carbocycles. The second kappa shape index (κ2) is 37.5. The van der Waals surface area contributed by atoms with Crippen LogP contribution >= 0.6 is 0 Å². The molecule has 0 aliphatic carbocycles. The number of aliphatic hydroxyl groups is 4. The highest BCUT2D eigenvalue weighted by atomic mass is 16.3. The number of hydrogen-bond donors (Lipinski definition) is 5. The molecule has 0 radical (unpaired) electrons. The monoisotopic (exact) mass is 690 g/mol. The lowest BCUT2D eigenvalue weighted by Crippen LogP contribution is -2.53. The van der Waals surface area contributed by atoms with Crippen LogP contribution in [0.15, 0.2) is 48.6 Å². The van der Waals surface area contributed by atoms with Crippen LogP contribution in [0.4, 0.5) is 0 Å². The van der Waals surface area contributed by atoms with Gasteiger partial charge in [-0.1, -0.05) is 146 Å². The number of unbranched alkanes of at least 4 members (excludes halogenated alkanes) is 19. The highest BCUT2D eigenvalue weighted by molar-refractivity contribution is 5.80. The average molecular weight is 690 g/mol. The average Bonchev–Trinajstić information content (AvgIpc) is 3.11. The number of carbonyl (C=O) groups is 1. The van der Waals surface area contributed by atoms with Gasteiger partial charge in [0, 0.05) is 0 Å². The lowest BCUT2D eigenvalue weighted by atomic mass is 10.00. The number of allylic oxidation sites excluding steroid dienone is 8. The van der Waals surface area contributed by atoms with E-state index in [0.717, 1.165) is 51.4 Å². The van der Waals surface area contributed by atoms with E-state index in [1.54, 1.807) is 0 Å². The Balaban J connectivity index is 3.89. The largest absolute Gasteiger partial charge is 0.394 e. The van der Waals surface area contributed by atoms with Gasteiger partial charge in [0.2, 0.25) is 5.91 Å². The van der Waals surface area contributed by atoms with Crippen molar-refractivity contribution >= 4 is 5.91 Å². The maximum Gasteiger partial charge on any atom is 0.249 e. The van der Waals surface area contributed by atoms with Crippen molar-refractivity contribution < 1.29 is 25.2 Å². The lowest BCUT2D eigenvalue weighted by Gasteiger charge is -2.27. The van der Waals surface area contributed by atoms with Crippen molar-refractivity contribution in [1.82, 2.24) is 5.32 Å². The SMILES string of the molecule is CCCCCCCC/C=C\CCCCC(O)C(=O)NC(CO)C(O)C(O)CCC/C=C/CC/C=C/CC/C=C/CCCCCCCCCC. The molecule has 1 amide bonds. The first kappa shape index (κ1) is 47.3. The number of nitrogens with one attached hydrogen (secondary N) is 1. The quantitative estimate of drug-likeness (QED) is 0.0332. The zero-order valence-corrected chi connectivity index (χ0v) is 31.9. The molecule has 0 aromatic carbocycles. The summed E-state index contributed by atoms with van der Waals surface area (Å²) < 4.78 is 0. The smallest absolute Gasteiger partial charge is 0.249 e. The Bertz CT molecular complexity index is 823. The van der Waals surface area contributed by atoms with Gasteiger partial charge in [-0.25, -0.2) is 0 Å². The number of carbonyl (C=O) groups excluding carboxylic acids is 1. The maximum absolute atomic E-state index is 12.4. The molecule has 286 valence electrons. The van der Waals surface area contributed by atoms with E-state index in [9.17, 15) is 25.2 Å². The van der Waals surface area contributed by atoms with Crippen LogP contribution in [0.1, 0.15) is 187 Å². The van der Waals surface area contributed by atoms with Gasteiger partial charge in [-0.15, -0.1) is 0 Å². The molecule has 0 spiro atoms. The number of hydrogen-bond acceptors (Lipinski definition) is 5. The number of rotatable bonds is 36. The molecule has 0 aliphatic rings. The predicted molar refractivity (Wildman–Crippen MR) is 210 cm³/mol. The summed E-state index contributed by atoms with van der Waals surface area (Å²) in [4.78, 5) is 12.4. The van der Waals surface area contributed by atoms with Crippen molar-refractivity contribution in [1.29, 1.82) is 0 Å². The molecule has 0 aromatic rings. The fourth-order valence-corrected chi connectivity index (χ4v) is 5.90. The first-order valence-corrected chi connectivity index (χ1v) is 20.5. The van der Waals surface area contributed by atoms with Gasteiger partial charge in [0.05, 0.1) is 18.8 Å². The molecule has 0 saturated heterocycles. The predicted octanol–water partition coefficient (Wildman–Crippen LogP) is 10.3. The summed E-state index contributed by atoms with van der Waals surface area (Å²) >= 11 is 0. The van der Waals surface area contributed by atoms with Gasteiger partial charge in [-0.2, -0.15) is 0 Å². The van der Waals surface area contributed by atoms with E-state index < -0.39 is 36.9 Å². The third kappa shape index (κ3) is 32.0. The second-order valence-corrected chi connectivity index (χ2v) is 13.9. The van der Waals surface area contributed by atoms with E-state index >= 15 is 0 Å². The Kier molecular flexibility index (Phi) is 36.2. The van der Waals surface area contributed by atoms with Gasteiger partial charge < -0.3 is 25.7 Å². The van der Waals surface area contributed by atoms with E-state index in [-0.39, 0.29) is 0 Å². The normalized spacial score (nSPS) is 14.8. The molecular formula is C43H79NO5. The van der Waals surface area contributed by atoms with Crippen molar-refractivity contribution in [2.24, 2.45) is 0 Å². The molecule has 4 atom stereocenters. The van der Waals surface area contributed by atoms with Gasteiger partial charge in [0.15, 0.2) is 0 Å². The van der Waals surface area contributed by atoms with Crippen molar-refractivity contribution in [2.75, 3.05) is 6.61 Å². The van der Waals surface area contributed by atoms with Gasteiger partial charge in [-0.05, 0) is 89.9 Å². The van der Waals surface area contributed by atoms with Crippen LogP contribution in [0, 0.1) is 0 Å².